The van der Waals surface area contributed by atoms with Crippen LogP contribution in [-0.2, 0) is 13.0 Å². The maximum absolute atomic E-state index is 13.6. The van der Waals surface area contributed by atoms with Crippen molar-refractivity contribution < 1.29 is 4.79 Å². The van der Waals surface area contributed by atoms with Crippen LogP contribution in [0.1, 0.15) is 58.1 Å². The molecule has 1 aliphatic rings. The third-order valence-electron chi connectivity index (χ3n) is 6.31. The highest BCUT2D eigenvalue weighted by atomic mass is 35.5. The summed E-state index contributed by atoms with van der Waals surface area (Å²) < 4.78 is 0. The zero-order valence-electron chi connectivity index (χ0n) is 18.8. The van der Waals surface area contributed by atoms with Gasteiger partial charge in [-0.25, -0.2) is 4.98 Å². The van der Waals surface area contributed by atoms with Gasteiger partial charge < -0.3 is 10.2 Å². The number of amides is 1. The van der Waals surface area contributed by atoms with Crippen molar-refractivity contribution in [2.45, 2.75) is 45.1 Å². The van der Waals surface area contributed by atoms with Crippen molar-refractivity contribution in [2.24, 2.45) is 0 Å². The molecule has 3 aromatic rings. The molecule has 166 valence electrons. The fraction of sp³-hybridized carbons (Fsp3) is 0.333. The molecule has 4 nitrogen and oxygen atoms in total. The Labute approximate surface area is 195 Å². The first-order valence-electron chi connectivity index (χ1n) is 11.3. The molecule has 0 radical (unpaired) electrons. The highest BCUT2D eigenvalue weighted by Crippen LogP contribution is 2.36. The minimum Gasteiger partial charge on any atom is -0.386 e. The van der Waals surface area contributed by atoms with Gasteiger partial charge in [0, 0.05) is 30.9 Å². The lowest BCUT2D eigenvalue weighted by Gasteiger charge is -2.27. The summed E-state index contributed by atoms with van der Waals surface area (Å²) in [6.45, 7) is 3.06. The Kier molecular flexibility index (Phi) is 7.11. The molecular formula is C27H30ClN3O. The molecule has 0 spiro atoms. The van der Waals surface area contributed by atoms with Crippen LogP contribution >= 0.6 is 11.6 Å². The van der Waals surface area contributed by atoms with Crippen molar-refractivity contribution in [1.29, 1.82) is 0 Å². The van der Waals surface area contributed by atoms with Crippen LogP contribution in [0.2, 0.25) is 5.02 Å². The van der Waals surface area contributed by atoms with E-state index >= 15 is 0 Å². The molecule has 0 aliphatic heterocycles. The van der Waals surface area contributed by atoms with E-state index in [1.165, 1.54) is 24.8 Å². The molecule has 1 aromatic heterocycles. The van der Waals surface area contributed by atoms with E-state index in [4.69, 9.17) is 11.6 Å². The molecule has 0 unspecified atom stereocenters. The molecule has 0 bridgehead atoms. The molecule has 2 aromatic carbocycles. The molecule has 1 heterocycles. The van der Waals surface area contributed by atoms with E-state index in [1.807, 2.05) is 55.3 Å². The van der Waals surface area contributed by atoms with Gasteiger partial charge in [0.1, 0.15) is 0 Å². The number of hydrogen-bond donors (Lipinski definition) is 1. The van der Waals surface area contributed by atoms with E-state index in [-0.39, 0.29) is 5.91 Å². The number of carbonyl (C=O) groups excluding carboxylic acids is 1. The largest absolute Gasteiger partial charge is 0.386 e. The second kappa shape index (κ2) is 10.2. The highest BCUT2D eigenvalue weighted by Gasteiger charge is 2.22. The number of nitrogens with zero attached hydrogens (tertiary/aromatic N) is 2. The maximum Gasteiger partial charge on any atom is 0.274 e. The van der Waals surface area contributed by atoms with Crippen LogP contribution in [0.4, 0.5) is 5.69 Å². The number of aryl methyl sites for hydroxylation is 1. The average Bonchev–Trinajstić information content (AvgIpc) is 2.77. The maximum atomic E-state index is 13.6. The Morgan fingerprint density at radius 1 is 1.03 bits per heavy atom. The summed E-state index contributed by atoms with van der Waals surface area (Å²) >= 11 is 6.03. The standard InChI is InChI=1S/C27H30ClN3O/c1-19-6-15-25(29-2)26(30-19)27(32)31(17-16-20-9-13-24(28)14-10-20)18-21-7-11-23(12-8-21)22-4-3-5-22/h6-15,22,29H,3-5,16-18H2,1-2H3. The number of anilines is 1. The van der Waals surface area contributed by atoms with Crippen LogP contribution in [0.15, 0.2) is 60.7 Å². The third-order valence-corrected chi connectivity index (χ3v) is 6.56. The summed E-state index contributed by atoms with van der Waals surface area (Å²) in [5.74, 6) is 0.649. The van der Waals surface area contributed by atoms with Gasteiger partial charge in [0.25, 0.3) is 5.91 Å². The van der Waals surface area contributed by atoms with Crippen LogP contribution in [-0.4, -0.2) is 29.4 Å². The van der Waals surface area contributed by atoms with Gasteiger partial charge >= 0.3 is 0 Å². The number of benzene rings is 2. The van der Waals surface area contributed by atoms with Gasteiger partial charge in [-0.3, -0.25) is 4.79 Å². The minimum absolute atomic E-state index is 0.0601. The number of carbonyl (C=O) groups is 1. The van der Waals surface area contributed by atoms with E-state index in [0.29, 0.717) is 24.7 Å². The fourth-order valence-corrected chi connectivity index (χ4v) is 4.22. The van der Waals surface area contributed by atoms with Crippen molar-refractivity contribution >= 4 is 23.2 Å². The van der Waals surface area contributed by atoms with E-state index in [9.17, 15) is 4.79 Å². The average molecular weight is 448 g/mol. The third kappa shape index (κ3) is 5.31. The number of rotatable bonds is 8. The zero-order valence-corrected chi connectivity index (χ0v) is 19.5. The first-order chi connectivity index (χ1) is 15.5. The van der Waals surface area contributed by atoms with Crippen molar-refractivity contribution in [3.63, 3.8) is 0 Å². The lowest BCUT2D eigenvalue weighted by molar-refractivity contribution is 0.0740. The van der Waals surface area contributed by atoms with Gasteiger partial charge in [-0.1, -0.05) is 54.4 Å². The van der Waals surface area contributed by atoms with E-state index < -0.39 is 0 Å². The van der Waals surface area contributed by atoms with Gasteiger partial charge in [-0.05, 0) is 73.1 Å². The lowest BCUT2D eigenvalue weighted by Crippen LogP contribution is -2.33. The summed E-state index contributed by atoms with van der Waals surface area (Å²) in [7, 11) is 1.82. The SMILES string of the molecule is CNc1ccc(C)nc1C(=O)N(CCc1ccc(Cl)cc1)Cc1ccc(C2CCC2)cc1. The van der Waals surface area contributed by atoms with Crippen molar-refractivity contribution in [1.82, 2.24) is 9.88 Å². The molecule has 1 aliphatic carbocycles. The number of nitrogens with one attached hydrogen (secondary N) is 1. The Bertz CT molecular complexity index is 1060. The van der Waals surface area contributed by atoms with Gasteiger partial charge in [-0.2, -0.15) is 0 Å². The first-order valence-corrected chi connectivity index (χ1v) is 11.7. The Morgan fingerprint density at radius 3 is 2.34 bits per heavy atom. The number of pyridine rings is 1. The Hall–Kier alpha value is -2.85. The highest BCUT2D eigenvalue weighted by molar-refractivity contribution is 6.30. The molecule has 1 N–H and O–H groups in total. The summed E-state index contributed by atoms with van der Waals surface area (Å²) in [5.41, 5.74) is 5.74. The molecule has 1 saturated carbocycles. The van der Waals surface area contributed by atoms with Gasteiger partial charge in [0.2, 0.25) is 0 Å². The molecule has 1 amide bonds. The lowest BCUT2D eigenvalue weighted by atomic mass is 9.80. The predicted molar refractivity (Wildman–Crippen MR) is 131 cm³/mol. The topological polar surface area (TPSA) is 45.2 Å². The molecule has 1 fully saturated rings. The van der Waals surface area contributed by atoms with E-state index in [1.54, 1.807) is 0 Å². The van der Waals surface area contributed by atoms with Gasteiger partial charge in [0.15, 0.2) is 5.69 Å². The first kappa shape index (κ1) is 22.3. The zero-order chi connectivity index (χ0) is 22.5. The predicted octanol–water partition coefficient (Wildman–Crippen LogP) is 6.24. The number of hydrogen-bond acceptors (Lipinski definition) is 3. The van der Waals surface area contributed by atoms with Crippen LogP contribution in [0.3, 0.4) is 0 Å². The van der Waals surface area contributed by atoms with Gasteiger partial charge in [-0.15, -0.1) is 0 Å². The van der Waals surface area contributed by atoms with Crippen LogP contribution in [0.25, 0.3) is 0 Å². The molecule has 32 heavy (non-hydrogen) atoms. The fourth-order valence-electron chi connectivity index (χ4n) is 4.10. The minimum atomic E-state index is -0.0601. The summed E-state index contributed by atoms with van der Waals surface area (Å²) in [5, 5.41) is 3.83. The number of aromatic nitrogens is 1. The molecule has 0 saturated heterocycles. The van der Waals surface area contributed by atoms with E-state index in [0.717, 1.165) is 34.0 Å². The summed E-state index contributed by atoms with van der Waals surface area (Å²) in [4.78, 5) is 20.0. The van der Waals surface area contributed by atoms with Crippen LogP contribution in [0.5, 0.6) is 0 Å². The normalized spacial score (nSPS) is 13.5. The monoisotopic (exact) mass is 447 g/mol. The second-order valence-electron chi connectivity index (χ2n) is 8.57. The molecule has 4 rings (SSSR count). The van der Waals surface area contributed by atoms with Gasteiger partial charge in [0.05, 0.1) is 5.69 Å². The second-order valence-corrected chi connectivity index (χ2v) is 9.01. The molecule has 5 heteroatoms. The molecule has 0 atom stereocenters. The Balaban J connectivity index is 1.56. The van der Waals surface area contributed by atoms with Crippen molar-refractivity contribution in [3.8, 4) is 0 Å². The Morgan fingerprint density at radius 2 is 1.72 bits per heavy atom. The summed E-state index contributed by atoms with van der Waals surface area (Å²) in [6, 6.07) is 20.4. The quantitative estimate of drug-likeness (QED) is 0.444. The van der Waals surface area contributed by atoms with Crippen LogP contribution < -0.4 is 5.32 Å². The summed E-state index contributed by atoms with van der Waals surface area (Å²) in [6.07, 6.45) is 4.66. The van der Waals surface area contributed by atoms with Crippen molar-refractivity contribution in [2.75, 3.05) is 18.9 Å². The van der Waals surface area contributed by atoms with E-state index in [2.05, 4.69) is 34.6 Å². The smallest absolute Gasteiger partial charge is 0.274 e. The van der Waals surface area contributed by atoms with Crippen molar-refractivity contribution in [3.05, 3.63) is 93.8 Å². The molecular weight excluding hydrogens is 418 g/mol. The number of halogens is 1. The van der Waals surface area contributed by atoms with Crippen LogP contribution in [0, 0.1) is 6.92 Å².